The van der Waals surface area contributed by atoms with Gasteiger partial charge >= 0.3 is 0 Å². The maximum atomic E-state index is 3.69. The molecule has 0 aromatic heterocycles. The summed E-state index contributed by atoms with van der Waals surface area (Å²) in [6, 6.07) is 10.3. The third-order valence-corrected chi connectivity index (χ3v) is 1.35. The van der Waals surface area contributed by atoms with Crippen molar-refractivity contribution in [3.63, 3.8) is 0 Å². The Balaban J connectivity index is 2.43. The van der Waals surface area contributed by atoms with E-state index in [0.717, 1.165) is 13.1 Å². The second-order valence-electron chi connectivity index (χ2n) is 2.16. The molecule has 1 rings (SSSR count). The third kappa shape index (κ3) is 2.19. The minimum absolute atomic E-state index is 0.787. The molecule has 0 heterocycles. The van der Waals surface area contributed by atoms with E-state index in [4.69, 9.17) is 0 Å². The lowest BCUT2D eigenvalue weighted by Gasteiger charge is -1.99. The summed E-state index contributed by atoms with van der Waals surface area (Å²) in [6.45, 7) is 5.40. The Morgan fingerprint density at radius 3 is 2.50 bits per heavy atom. The van der Waals surface area contributed by atoms with Gasteiger partial charge < -0.3 is 5.32 Å². The molecule has 0 amide bonds. The van der Waals surface area contributed by atoms with Crippen molar-refractivity contribution in [2.24, 2.45) is 0 Å². The van der Waals surface area contributed by atoms with Gasteiger partial charge in [-0.05, 0) is 19.0 Å². The molecule has 1 aromatic carbocycles. The lowest BCUT2D eigenvalue weighted by atomic mass is 10.2. The normalized spacial score (nSPS) is 9.70. The Kier molecular flexibility index (Phi) is 2.97. The lowest BCUT2D eigenvalue weighted by molar-refractivity contribution is 0.758. The zero-order chi connectivity index (χ0) is 7.23. The van der Waals surface area contributed by atoms with Gasteiger partial charge in [0.05, 0.1) is 0 Å². The van der Waals surface area contributed by atoms with Gasteiger partial charge in [0.15, 0.2) is 0 Å². The topological polar surface area (TPSA) is 12.0 Å². The molecule has 0 unspecified atom stereocenters. The van der Waals surface area contributed by atoms with E-state index in [-0.39, 0.29) is 0 Å². The van der Waals surface area contributed by atoms with Crippen LogP contribution in [-0.4, -0.2) is 6.54 Å². The molecule has 0 fully saturated rings. The van der Waals surface area contributed by atoms with Crippen LogP contribution >= 0.6 is 0 Å². The van der Waals surface area contributed by atoms with Crippen molar-refractivity contribution in [1.29, 1.82) is 0 Å². The predicted octanol–water partition coefficient (Wildman–Crippen LogP) is 1.61. The van der Waals surface area contributed by atoms with Crippen LogP contribution in [0, 0.1) is 6.92 Å². The highest BCUT2D eigenvalue weighted by Gasteiger charge is 1.85. The summed E-state index contributed by atoms with van der Waals surface area (Å²) >= 11 is 0. The van der Waals surface area contributed by atoms with E-state index in [0.29, 0.717) is 0 Å². The third-order valence-electron chi connectivity index (χ3n) is 1.35. The zero-order valence-electron chi connectivity index (χ0n) is 6.01. The Morgan fingerprint density at radius 1 is 1.20 bits per heavy atom. The summed E-state index contributed by atoms with van der Waals surface area (Å²) in [4.78, 5) is 0. The highest BCUT2D eigenvalue weighted by atomic mass is 14.8. The van der Waals surface area contributed by atoms with E-state index >= 15 is 0 Å². The van der Waals surface area contributed by atoms with Gasteiger partial charge in [-0.25, -0.2) is 0 Å². The molecule has 0 saturated heterocycles. The van der Waals surface area contributed by atoms with Gasteiger partial charge in [-0.1, -0.05) is 30.3 Å². The Bertz CT molecular complexity index is 169. The molecule has 1 aromatic rings. The molecule has 0 bridgehead atoms. The smallest absolute Gasteiger partial charge is 0.0205 e. The van der Waals surface area contributed by atoms with Crippen LogP contribution in [0.5, 0.6) is 0 Å². The summed E-state index contributed by atoms with van der Waals surface area (Å²) < 4.78 is 0. The quantitative estimate of drug-likeness (QED) is 0.662. The minimum Gasteiger partial charge on any atom is -0.313 e. The summed E-state index contributed by atoms with van der Waals surface area (Å²) in [5, 5.41) is 3.15. The second kappa shape index (κ2) is 4.07. The van der Waals surface area contributed by atoms with E-state index in [2.05, 4.69) is 24.4 Å². The molecule has 0 spiro atoms. The average Bonchev–Trinajstić information content (AvgIpc) is 2.03. The standard InChI is InChI=1S/C9H12N/c1-2-10-8-9-6-4-3-5-7-9/h3-7,10H,1-2,8H2. The molecule has 1 radical (unpaired) electrons. The lowest BCUT2D eigenvalue weighted by Crippen LogP contribution is -2.11. The first-order chi connectivity index (χ1) is 4.93. The number of hydrogen-bond donors (Lipinski definition) is 1. The number of hydrogen-bond acceptors (Lipinski definition) is 1. The molecule has 0 atom stereocenters. The molecule has 0 aliphatic carbocycles. The minimum atomic E-state index is 0.787. The fourth-order valence-electron chi connectivity index (χ4n) is 0.829. The van der Waals surface area contributed by atoms with E-state index in [1.54, 1.807) is 0 Å². The number of rotatable bonds is 3. The van der Waals surface area contributed by atoms with Crippen LogP contribution in [-0.2, 0) is 6.54 Å². The van der Waals surface area contributed by atoms with Gasteiger partial charge in [-0.2, -0.15) is 0 Å². The van der Waals surface area contributed by atoms with Crippen molar-refractivity contribution >= 4 is 0 Å². The SMILES string of the molecule is [CH2]CNCc1ccccc1. The van der Waals surface area contributed by atoms with E-state index in [9.17, 15) is 0 Å². The van der Waals surface area contributed by atoms with Crippen LogP contribution in [0.2, 0.25) is 0 Å². The summed E-state index contributed by atoms with van der Waals surface area (Å²) in [7, 11) is 0. The molecule has 0 saturated carbocycles. The van der Waals surface area contributed by atoms with Crippen LogP contribution in [0.25, 0.3) is 0 Å². The van der Waals surface area contributed by atoms with Crippen molar-refractivity contribution in [2.75, 3.05) is 6.54 Å². The van der Waals surface area contributed by atoms with Gasteiger partial charge in [-0.15, -0.1) is 0 Å². The maximum absolute atomic E-state index is 3.69. The molecular weight excluding hydrogens is 122 g/mol. The van der Waals surface area contributed by atoms with Crippen LogP contribution in [0.4, 0.5) is 0 Å². The monoisotopic (exact) mass is 134 g/mol. The number of benzene rings is 1. The molecule has 53 valence electrons. The zero-order valence-corrected chi connectivity index (χ0v) is 6.01. The molecule has 0 aliphatic heterocycles. The van der Waals surface area contributed by atoms with E-state index < -0.39 is 0 Å². The Hall–Kier alpha value is -0.820. The first-order valence-corrected chi connectivity index (χ1v) is 3.47. The van der Waals surface area contributed by atoms with Crippen LogP contribution in [0.3, 0.4) is 0 Å². The summed E-state index contributed by atoms with van der Waals surface area (Å²) in [5.41, 5.74) is 1.31. The fraction of sp³-hybridized carbons (Fsp3) is 0.222. The van der Waals surface area contributed by atoms with Gasteiger partial charge in [-0.3, -0.25) is 0 Å². The summed E-state index contributed by atoms with van der Waals surface area (Å²) in [6.07, 6.45) is 0. The summed E-state index contributed by atoms with van der Waals surface area (Å²) in [5.74, 6) is 0. The van der Waals surface area contributed by atoms with Gasteiger partial charge in [0.25, 0.3) is 0 Å². The molecular formula is C9H12N. The van der Waals surface area contributed by atoms with E-state index in [1.807, 2.05) is 18.2 Å². The predicted molar refractivity (Wildman–Crippen MR) is 43.5 cm³/mol. The molecule has 1 heteroatoms. The van der Waals surface area contributed by atoms with Crippen molar-refractivity contribution in [3.05, 3.63) is 42.8 Å². The van der Waals surface area contributed by atoms with E-state index in [1.165, 1.54) is 5.56 Å². The molecule has 0 aliphatic rings. The van der Waals surface area contributed by atoms with Crippen molar-refractivity contribution in [1.82, 2.24) is 5.32 Å². The highest BCUT2D eigenvalue weighted by Crippen LogP contribution is 1.96. The van der Waals surface area contributed by atoms with Crippen LogP contribution in [0.15, 0.2) is 30.3 Å². The highest BCUT2D eigenvalue weighted by molar-refractivity contribution is 5.14. The average molecular weight is 134 g/mol. The molecule has 1 N–H and O–H groups in total. The first kappa shape index (κ1) is 7.29. The largest absolute Gasteiger partial charge is 0.313 e. The van der Waals surface area contributed by atoms with Gasteiger partial charge in [0, 0.05) is 6.54 Å². The Morgan fingerprint density at radius 2 is 1.90 bits per heavy atom. The van der Waals surface area contributed by atoms with Crippen LogP contribution in [0.1, 0.15) is 5.56 Å². The maximum Gasteiger partial charge on any atom is 0.0205 e. The fourth-order valence-corrected chi connectivity index (χ4v) is 0.829. The van der Waals surface area contributed by atoms with Gasteiger partial charge in [0.2, 0.25) is 0 Å². The van der Waals surface area contributed by atoms with Crippen molar-refractivity contribution in [3.8, 4) is 0 Å². The van der Waals surface area contributed by atoms with Crippen molar-refractivity contribution in [2.45, 2.75) is 6.54 Å². The van der Waals surface area contributed by atoms with Crippen LogP contribution < -0.4 is 5.32 Å². The van der Waals surface area contributed by atoms with Gasteiger partial charge in [0.1, 0.15) is 0 Å². The van der Waals surface area contributed by atoms with Crippen molar-refractivity contribution < 1.29 is 0 Å². The Labute approximate surface area is 62.1 Å². The first-order valence-electron chi connectivity index (χ1n) is 3.47. The number of nitrogens with one attached hydrogen (secondary N) is 1. The molecule has 1 nitrogen and oxygen atoms in total. The second-order valence-corrected chi connectivity index (χ2v) is 2.16. The molecule has 10 heavy (non-hydrogen) atoms.